The van der Waals surface area contributed by atoms with Crippen LogP contribution in [0.25, 0.3) is 16.9 Å². The minimum atomic E-state index is -0.796. The molecule has 1 fully saturated rings. The molecule has 1 saturated heterocycles. The third-order valence-corrected chi connectivity index (χ3v) is 5.78. The summed E-state index contributed by atoms with van der Waals surface area (Å²) in [5, 5.41) is 16.5. The first-order chi connectivity index (χ1) is 15.9. The fourth-order valence-electron chi connectivity index (χ4n) is 3.67. The van der Waals surface area contributed by atoms with Gasteiger partial charge >= 0.3 is 0 Å². The Morgan fingerprint density at radius 2 is 2.09 bits per heavy atom. The molecule has 0 bridgehead atoms. The van der Waals surface area contributed by atoms with E-state index >= 15 is 0 Å². The van der Waals surface area contributed by atoms with Gasteiger partial charge in [0.2, 0.25) is 0 Å². The summed E-state index contributed by atoms with van der Waals surface area (Å²) in [4.78, 5) is 26.2. The Balaban J connectivity index is 1.81. The Morgan fingerprint density at radius 3 is 2.76 bits per heavy atom. The van der Waals surface area contributed by atoms with Crippen molar-refractivity contribution >= 4 is 17.5 Å². The van der Waals surface area contributed by atoms with Crippen molar-refractivity contribution in [3.05, 3.63) is 81.1 Å². The number of benzene rings is 2. The molecule has 2 N–H and O–H groups in total. The van der Waals surface area contributed by atoms with Gasteiger partial charge in [0.05, 0.1) is 35.7 Å². The van der Waals surface area contributed by atoms with Gasteiger partial charge in [-0.2, -0.15) is 9.78 Å². The molecular formula is C23H20ClF2N3O4. The summed E-state index contributed by atoms with van der Waals surface area (Å²) in [5.74, 6) is -2.14. The van der Waals surface area contributed by atoms with E-state index in [9.17, 15) is 23.5 Å². The number of nitrogens with zero attached hydrogens (tertiary/aromatic N) is 2. The zero-order valence-electron chi connectivity index (χ0n) is 17.3. The molecule has 172 valence electrons. The second-order valence-electron chi connectivity index (χ2n) is 7.66. The number of aliphatic hydroxyl groups excluding tert-OH is 1. The smallest absolute Gasteiger partial charge is 0.284 e. The fraction of sp³-hybridized carbons (Fsp3) is 0.261. The lowest BCUT2D eigenvalue weighted by molar-refractivity contribution is 0.0875. The van der Waals surface area contributed by atoms with Gasteiger partial charge in [-0.05, 0) is 42.8 Å². The molecule has 0 unspecified atom stereocenters. The van der Waals surface area contributed by atoms with Gasteiger partial charge in [-0.25, -0.2) is 8.78 Å². The average molecular weight is 476 g/mol. The monoisotopic (exact) mass is 475 g/mol. The standard InChI is InChI=1S/C23H20ClF2N3O4/c24-18-5-4-13(8-19(18)26)20-10-17(22(31)27-21(11-30)14-6-7-33-12-14)23(32)29(28-20)16-3-1-2-15(25)9-16/h1-5,8-10,14,21,30H,6-7,11-12H2,(H,27,31)/t14-,21-/m1/s1. The maximum Gasteiger partial charge on any atom is 0.284 e. The van der Waals surface area contributed by atoms with E-state index < -0.39 is 29.1 Å². The highest BCUT2D eigenvalue weighted by Gasteiger charge is 2.28. The molecule has 2 aromatic carbocycles. The summed E-state index contributed by atoms with van der Waals surface area (Å²) >= 11 is 5.76. The van der Waals surface area contributed by atoms with Crippen LogP contribution in [0.5, 0.6) is 0 Å². The molecule has 4 rings (SSSR count). The van der Waals surface area contributed by atoms with E-state index in [-0.39, 0.29) is 40.1 Å². The lowest BCUT2D eigenvalue weighted by Gasteiger charge is -2.21. The van der Waals surface area contributed by atoms with Gasteiger partial charge in [-0.15, -0.1) is 0 Å². The molecule has 1 aliphatic heterocycles. The van der Waals surface area contributed by atoms with E-state index in [4.69, 9.17) is 16.3 Å². The Bertz CT molecular complexity index is 1240. The summed E-state index contributed by atoms with van der Waals surface area (Å²) in [6, 6.07) is 9.70. The number of hydrogen-bond acceptors (Lipinski definition) is 5. The van der Waals surface area contributed by atoms with E-state index in [0.717, 1.165) is 16.8 Å². The highest BCUT2D eigenvalue weighted by Crippen LogP contribution is 2.24. The van der Waals surface area contributed by atoms with Gasteiger partial charge < -0.3 is 15.2 Å². The first-order valence-corrected chi connectivity index (χ1v) is 10.6. The molecular weight excluding hydrogens is 456 g/mol. The number of aromatic nitrogens is 2. The summed E-state index contributed by atoms with van der Waals surface area (Å²) < 4.78 is 34.1. The Labute approximate surface area is 192 Å². The third kappa shape index (κ3) is 4.95. The van der Waals surface area contributed by atoms with Crippen molar-refractivity contribution in [3.63, 3.8) is 0 Å². The molecule has 1 aliphatic rings. The van der Waals surface area contributed by atoms with Crippen molar-refractivity contribution in [1.82, 2.24) is 15.1 Å². The van der Waals surface area contributed by atoms with Crippen LogP contribution in [0.15, 0.2) is 53.3 Å². The molecule has 0 saturated carbocycles. The molecule has 7 nitrogen and oxygen atoms in total. The van der Waals surface area contributed by atoms with Crippen LogP contribution in [0, 0.1) is 17.6 Å². The van der Waals surface area contributed by atoms with Gasteiger partial charge in [0.1, 0.15) is 17.2 Å². The van der Waals surface area contributed by atoms with Crippen LogP contribution in [-0.2, 0) is 4.74 Å². The molecule has 0 spiro atoms. The number of carbonyl (C=O) groups excluding carboxylic acids is 1. The van der Waals surface area contributed by atoms with E-state index in [1.165, 1.54) is 36.4 Å². The van der Waals surface area contributed by atoms with Gasteiger partial charge in [0.25, 0.3) is 11.5 Å². The van der Waals surface area contributed by atoms with Gasteiger partial charge in [0, 0.05) is 18.1 Å². The summed E-state index contributed by atoms with van der Waals surface area (Å²) in [6.07, 6.45) is 0.657. The summed E-state index contributed by atoms with van der Waals surface area (Å²) in [7, 11) is 0. The number of aliphatic hydroxyl groups is 1. The minimum Gasteiger partial charge on any atom is -0.394 e. The first kappa shape index (κ1) is 23.0. The number of halogens is 3. The molecule has 1 amide bonds. The van der Waals surface area contributed by atoms with Crippen LogP contribution in [0.4, 0.5) is 8.78 Å². The maximum atomic E-state index is 14.1. The Kier molecular flexibility index (Phi) is 6.83. The number of hydrogen-bond donors (Lipinski definition) is 2. The van der Waals surface area contributed by atoms with E-state index in [1.807, 2.05) is 0 Å². The number of carbonyl (C=O) groups is 1. The molecule has 33 heavy (non-hydrogen) atoms. The van der Waals surface area contributed by atoms with Crippen molar-refractivity contribution < 1.29 is 23.4 Å². The molecule has 1 aromatic heterocycles. The van der Waals surface area contributed by atoms with E-state index in [1.54, 1.807) is 0 Å². The van der Waals surface area contributed by atoms with Gasteiger partial charge in [-0.3, -0.25) is 9.59 Å². The number of ether oxygens (including phenoxy) is 1. The quantitative estimate of drug-likeness (QED) is 0.572. The second kappa shape index (κ2) is 9.78. The second-order valence-corrected chi connectivity index (χ2v) is 8.06. The van der Waals surface area contributed by atoms with Crippen LogP contribution in [0.2, 0.25) is 5.02 Å². The summed E-state index contributed by atoms with van der Waals surface area (Å²) in [6.45, 7) is 0.563. The molecule has 0 radical (unpaired) electrons. The highest BCUT2D eigenvalue weighted by atomic mass is 35.5. The predicted octanol–water partition coefficient (Wildman–Crippen LogP) is 2.96. The minimum absolute atomic E-state index is 0.0910. The van der Waals surface area contributed by atoms with Gasteiger partial charge in [0.15, 0.2) is 0 Å². The predicted molar refractivity (Wildman–Crippen MR) is 117 cm³/mol. The number of amides is 1. The Hall–Kier alpha value is -3.14. The van der Waals surface area contributed by atoms with Crippen molar-refractivity contribution in [2.24, 2.45) is 5.92 Å². The largest absolute Gasteiger partial charge is 0.394 e. The topological polar surface area (TPSA) is 93.4 Å². The van der Waals surface area contributed by atoms with Crippen LogP contribution < -0.4 is 10.9 Å². The molecule has 2 atom stereocenters. The zero-order chi connectivity index (χ0) is 23.5. The fourth-order valence-corrected chi connectivity index (χ4v) is 3.78. The van der Waals surface area contributed by atoms with Gasteiger partial charge in [-0.1, -0.05) is 23.7 Å². The molecule has 0 aliphatic carbocycles. The molecule has 10 heteroatoms. The van der Waals surface area contributed by atoms with Crippen molar-refractivity contribution in [1.29, 1.82) is 0 Å². The van der Waals surface area contributed by atoms with Crippen LogP contribution in [0.3, 0.4) is 0 Å². The normalized spacial score (nSPS) is 16.5. The lowest BCUT2D eigenvalue weighted by atomic mass is 9.99. The summed E-state index contributed by atoms with van der Waals surface area (Å²) in [5.41, 5.74) is -0.635. The third-order valence-electron chi connectivity index (χ3n) is 5.47. The zero-order valence-corrected chi connectivity index (χ0v) is 18.1. The number of nitrogens with one attached hydrogen (secondary N) is 1. The van der Waals surface area contributed by atoms with Crippen molar-refractivity contribution in [2.45, 2.75) is 12.5 Å². The number of rotatable bonds is 6. The van der Waals surface area contributed by atoms with Crippen molar-refractivity contribution in [3.8, 4) is 16.9 Å². The van der Waals surface area contributed by atoms with Crippen LogP contribution >= 0.6 is 11.6 Å². The SMILES string of the molecule is O=C(N[C@H](CO)[C@@H]1CCOC1)c1cc(-c2ccc(Cl)c(F)c2)nn(-c2cccc(F)c2)c1=O. The van der Waals surface area contributed by atoms with Crippen LogP contribution in [-0.4, -0.2) is 46.7 Å². The average Bonchev–Trinajstić information content (AvgIpc) is 3.34. The Morgan fingerprint density at radius 1 is 1.27 bits per heavy atom. The van der Waals surface area contributed by atoms with Crippen molar-refractivity contribution in [2.75, 3.05) is 19.8 Å². The maximum absolute atomic E-state index is 14.1. The first-order valence-electron chi connectivity index (χ1n) is 10.2. The van der Waals surface area contributed by atoms with Crippen LogP contribution in [0.1, 0.15) is 16.8 Å². The molecule has 3 aromatic rings. The lowest BCUT2D eigenvalue weighted by Crippen LogP contribution is -2.45. The highest BCUT2D eigenvalue weighted by molar-refractivity contribution is 6.30. The molecule has 2 heterocycles. The van der Waals surface area contributed by atoms with E-state index in [0.29, 0.717) is 19.6 Å². The van der Waals surface area contributed by atoms with E-state index in [2.05, 4.69) is 10.4 Å².